The predicted octanol–water partition coefficient (Wildman–Crippen LogP) is 1.64. The summed E-state index contributed by atoms with van der Waals surface area (Å²) in [6, 6.07) is 8.23. The summed E-state index contributed by atoms with van der Waals surface area (Å²) in [5.74, 6) is 0. The Bertz CT molecular complexity index is 526. The summed E-state index contributed by atoms with van der Waals surface area (Å²) < 4.78 is 1.64. The van der Waals surface area contributed by atoms with Crippen molar-refractivity contribution in [2.24, 2.45) is 0 Å². The Hall–Kier alpha value is -1.43. The van der Waals surface area contributed by atoms with E-state index < -0.39 is 0 Å². The molecule has 0 aliphatic rings. The van der Waals surface area contributed by atoms with Gasteiger partial charge < -0.3 is 10.4 Å². The van der Waals surface area contributed by atoms with Gasteiger partial charge >= 0.3 is 0 Å². The summed E-state index contributed by atoms with van der Waals surface area (Å²) in [5, 5.41) is 21.0. The van der Waals surface area contributed by atoms with Gasteiger partial charge in [-0.2, -0.15) is 0 Å². The molecule has 6 heteroatoms. The first kappa shape index (κ1) is 15.0. The summed E-state index contributed by atoms with van der Waals surface area (Å²) in [6.45, 7) is 3.35. The fourth-order valence-corrected chi connectivity index (χ4v) is 2.08. The summed E-state index contributed by atoms with van der Waals surface area (Å²) in [6.07, 6.45) is 2.78. The Morgan fingerprint density at radius 1 is 1.35 bits per heavy atom. The van der Waals surface area contributed by atoms with Crippen LogP contribution in [-0.4, -0.2) is 32.7 Å². The number of hydrogen-bond donors (Lipinski definition) is 2. The van der Waals surface area contributed by atoms with E-state index in [1.807, 2.05) is 30.5 Å². The smallest absolute Gasteiger partial charge is 0.0964 e. The van der Waals surface area contributed by atoms with Crippen LogP contribution in [0.3, 0.4) is 0 Å². The predicted molar refractivity (Wildman–Crippen MR) is 78.6 cm³/mol. The highest BCUT2D eigenvalue weighted by Gasteiger charge is 2.05. The van der Waals surface area contributed by atoms with Gasteiger partial charge in [-0.05, 0) is 31.0 Å². The van der Waals surface area contributed by atoms with Crippen molar-refractivity contribution < 1.29 is 5.11 Å². The van der Waals surface area contributed by atoms with Gasteiger partial charge in [-0.1, -0.05) is 28.9 Å². The molecule has 1 atom stereocenters. The summed E-state index contributed by atoms with van der Waals surface area (Å²) in [7, 11) is 0. The quantitative estimate of drug-likeness (QED) is 0.815. The van der Waals surface area contributed by atoms with Gasteiger partial charge in [0.2, 0.25) is 0 Å². The minimum atomic E-state index is 0.0726. The molecule has 0 saturated heterocycles. The van der Waals surface area contributed by atoms with Crippen molar-refractivity contribution >= 4 is 11.6 Å². The number of nitrogens with zero attached hydrogens (tertiary/aromatic N) is 3. The van der Waals surface area contributed by atoms with Gasteiger partial charge in [-0.3, -0.25) is 0 Å². The number of aliphatic hydroxyl groups is 1. The molecule has 1 unspecified atom stereocenters. The molecule has 0 saturated carbocycles. The molecular weight excluding hydrogens is 276 g/mol. The van der Waals surface area contributed by atoms with E-state index in [1.54, 1.807) is 4.68 Å². The molecule has 1 aromatic carbocycles. The molecule has 5 nitrogen and oxygen atoms in total. The van der Waals surface area contributed by atoms with Crippen LogP contribution >= 0.6 is 11.6 Å². The summed E-state index contributed by atoms with van der Waals surface area (Å²) >= 11 is 5.87. The van der Waals surface area contributed by atoms with E-state index in [-0.39, 0.29) is 6.61 Å². The highest BCUT2D eigenvalue weighted by atomic mass is 35.5. The van der Waals surface area contributed by atoms with Crippen LogP contribution in [-0.2, 0) is 19.5 Å². The molecule has 0 aliphatic carbocycles. The third kappa shape index (κ3) is 4.59. The van der Waals surface area contributed by atoms with Crippen LogP contribution < -0.4 is 5.32 Å². The second kappa shape index (κ2) is 7.38. The molecular formula is C14H19ClN4O. The molecule has 20 heavy (non-hydrogen) atoms. The number of nitrogens with one attached hydrogen (secondary N) is 1. The van der Waals surface area contributed by atoms with Crippen LogP contribution in [0, 0.1) is 0 Å². The second-order valence-corrected chi connectivity index (χ2v) is 5.25. The van der Waals surface area contributed by atoms with Crippen LogP contribution in [0.15, 0.2) is 30.5 Å². The van der Waals surface area contributed by atoms with E-state index in [0.29, 0.717) is 19.1 Å². The zero-order valence-electron chi connectivity index (χ0n) is 11.5. The molecule has 1 heterocycles. The lowest BCUT2D eigenvalue weighted by Gasteiger charge is -2.12. The molecule has 2 N–H and O–H groups in total. The minimum Gasteiger partial charge on any atom is -0.394 e. The number of halogens is 1. The average Bonchev–Trinajstić information content (AvgIpc) is 2.87. The van der Waals surface area contributed by atoms with Crippen molar-refractivity contribution in [3.63, 3.8) is 0 Å². The Balaban J connectivity index is 1.79. The van der Waals surface area contributed by atoms with Crippen molar-refractivity contribution in [1.29, 1.82) is 0 Å². The van der Waals surface area contributed by atoms with Crippen molar-refractivity contribution in [3.05, 3.63) is 46.7 Å². The van der Waals surface area contributed by atoms with Crippen LogP contribution in [0.4, 0.5) is 0 Å². The first-order chi connectivity index (χ1) is 9.67. The molecule has 2 aromatic rings. The monoisotopic (exact) mass is 294 g/mol. The average molecular weight is 295 g/mol. The van der Waals surface area contributed by atoms with Crippen LogP contribution in [0.1, 0.15) is 18.2 Å². The highest BCUT2D eigenvalue weighted by Crippen LogP contribution is 2.11. The SMILES string of the molecule is CC(Cc1ccc(Cl)cc1)NCc1cn(CCO)nn1. The largest absolute Gasteiger partial charge is 0.394 e. The molecule has 0 spiro atoms. The van der Waals surface area contributed by atoms with Crippen molar-refractivity contribution in [2.45, 2.75) is 32.5 Å². The van der Waals surface area contributed by atoms with Gasteiger partial charge in [0.15, 0.2) is 0 Å². The maximum atomic E-state index is 8.82. The lowest BCUT2D eigenvalue weighted by atomic mass is 10.1. The van der Waals surface area contributed by atoms with Gasteiger partial charge in [-0.25, -0.2) is 4.68 Å². The molecule has 0 radical (unpaired) electrons. The molecule has 0 fully saturated rings. The van der Waals surface area contributed by atoms with Crippen LogP contribution in [0.5, 0.6) is 0 Å². The normalized spacial score (nSPS) is 12.6. The molecule has 1 aromatic heterocycles. The fraction of sp³-hybridized carbons (Fsp3) is 0.429. The maximum absolute atomic E-state index is 8.82. The van der Waals surface area contributed by atoms with Gasteiger partial charge in [0, 0.05) is 23.8 Å². The lowest BCUT2D eigenvalue weighted by Crippen LogP contribution is -2.27. The number of hydrogen-bond acceptors (Lipinski definition) is 4. The number of aromatic nitrogens is 3. The van der Waals surface area contributed by atoms with Gasteiger partial charge in [0.25, 0.3) is 0 Å². The van der Waals surface area contributed by atoms with E-state index in [4.69, 9.17) is 16.7 Å². The topological polar surface area (TPSA) is 63.0 Å². The third-order valence-electron chi connectivity index (χ3n) is 3.00. The Morgan fingerprint density at radius 2 is 2.10 bits per heavy atom. The Morgan fingerprint density at radius 3 is 2.80 bits per heavy atom. The van der Waals surface area contributed by atoms with Gasteiger partial charge in [-0.15, -0.1) is 5.10 Å². The molecule has 0 aliphatic heterocycles. The molecule has 2 rings (SSSR count). The lowest BCUT2D eigenvalue weighted by molar-refractivity contribution is 0.268. The van der Waals surface area contributed by atoms with Crippen molar-refractivity contribution in [2.75, 3.05) is 6.61 Å². The zero-order chi connectivity index (χ0) is 14.4. The molecule has 108 valence electrons. The van der Waals surface area contributed by atoms with E-state index in [1.165, 1.54) is 5.56 Å². The van der Waals surface area contributed by atoms with Crippen LogP contribution in [0.25, 0.3) is 0 Å². The first-order valence-corrected chi connectivity index (χ1v) is 7.03. The van der Waals surface area contributed by atoms with E-state index in [9.17, 15) is 0 Å². The second-order valence-electron chi connectivity index (χ2n) is 4.81. The number of aliphatic hydroxyl groups excluding tert-OH is 1. The van der Waals surface area contributed by atoms with Gasteiger partial charge in [0.1, 0.15) is 0 Å². The third-order valence-corrected chi connectivity index (χ3v) is 3.25. The summed E-state index contributed by atoms with van der Waals surface area (Å²) in [4.78, 5) is 0. The zero-order valence-corrected chi connectivity index (χ0v) is 12.2. The summed E-state index contributed by atoms with van der Waals surface area (Å²) in [5.41, 5.74) is 2.12. The van der Waals surface area contributed by atoms with Crippen molar-refractivity contribution in [3.8, 4) is 0 Å². The van der Waals surface area contributed by atoms with E-state index in [2.05, 4.69) is 22.6 Å². The standard InChI is InChI=1S/C14H19ClN4O/c1-11(8-12-2-4-13(15)5-3-12)16-9-14-10-19(6-7-20)18-17-14/h2-5,10-11,16,20H,6-9H2,1H3. The minimum absolute atomic E-state index is 0.0726. The Kier molecular flexibility index (Phi) is 5.52. The maximum Gasteiger partial charge on any atom is 0.0964 e. The number of rotatable bonds is 7. The van der Waals surface area contributed by atoms with Crippen LogP contribution in [0.2, 0.25) is 5.02 Å². The van der Waals surface area contributed by atoms with Crippen molar-refractivity contribution in [1.82, 2.24) is 20.3 Å². The highest BCUT2D eigenvalue weighted by molar-refractivity contribution is 6.30. The molecule has 0 amide bonds. The van der Waals surface area contributed by atoms with E-state index in [0.717, 1.165) is 17.1 Å². The van der Waals surface area contributed by atoms with Gasteiger partial charge in [0.05, 0.1) is 18.8 Å². The fourth-order valence-electron chi connectivity index (χ4n) is 1.96. The number of benzene rings is 1. The Labute approximate surface area is 123 Å². The molecule has 0 bridgehead atoms. The first-order valence-electron chi connectivity index (χ1n) is 6.65. The van der Waals surface area contributed by atoms with E-state index >= 15 is 0 Å².